The molecule has 0 fully saturated rings. The van der Waals surface area contributed by atoms with Gasteiger partial charge >= 0.3 is 0 Å². The van der Waals surface area contributed by atoms with Crippen molar-refractivity contribution >= 4 is 38.5 Å². The summed E-state index contributed by atoms with van der Waals surface area (Å²) in [7, 11) is 0. The van der Waals surface area contributed by atoms with Crippen molar-refractivity contribution in [2.75, 3.05) is 0 Å². The third-order valence-corrected chi connectivity index (χ3v) is 4.53. The van der Waals surface area contributed by atoms with Gasteiger partial charge in [-0.25, -0.2) is 0 Å². The maximum atomic E-state index is 5.73. The number of halogens is 2. The Balaban J connectivity index is 2.21. The van der Waals surface area contributed by atoms with Gasteiger partial charge in [-0.3, -0.25) is 16.0 Å². The molecule has 20 heavy (non-hydrogen) atoms. The molecule has 0 spiro atoms. The lowest BCUT2D eigenvalue weighted by molar-refractivity contribution is 0.506. The first-order valence-electron chi connectivity index (χ1n) is 6.46. The average molecular weight is 449 g/mol. The smallest absolute Gasteiger partial charge is 0.0644 e. The fourth-order valence-corrected chi connectivity index (χ4v) is 3.06. The van der Waals surface area contributed by atoms with E-state index >= 15 is 0 Å². The fourth-order valence-electron chi connectivity index (χ4n) is 2.02. The maximum absolute atomic E-state index is 5.73. The van der Waals surface area contributed by atoms with E-state index in [4.69, 9.17) is 5.84 Å². The molecule has 0 aliphatic carbocycles. The number of rotatable bonds is 5. The van der Waals surface area contributed by atoms with E-state index in [0.717, 1.165) is 22.2 Å². The number of aromatic nitrogens is 2. The Kier molecular flexibility index (Phi) is 5.59. The van der Waals surface area contributed by atoms with Crippen LogP contribution in [-0.2, 0) is 6.42 Å². The Morgan fingerprint density at radius 2 is 2.15 bits per heavy atom. The van der Waals surface area contributed by atoms with Gasteiger partial charge in [-0.1, -0.05) is 15.9 Å². The van der Waals surface area contributed by atoms with Crippen LogP contribution in [0.2, 0.25) is 0 Å². The first kappa shape index (κ1) is 15.9. The molecule has 0 aliphatic rings. The van der Waals surface area contributed by atoms with E-state index < -0.39 is 0 Å². The SMILES string of the molecule is CC(C)n1ccc(CC(NN)c2cc(I)ccc2Br)n1. The molecule has 6 heteroatoms. The molecule has 1 aromatic heterocycles. The van der Waals surface area contributed by atoms with Gasteiger partial charge in [0.2, 0.25) is 0 Å². The molecule has 0 bridgehead atoms. The third kappa shape index (κ3) is 3.81. The van der Waals surface area contributed by atoms with Crippen LogP contribution in [0.5, 0.6) is 0 Å². The molecule has 0 amide bonds. The van der Waals surface area contributed by atoms with Crippen molar-refractivity contribution in [2.45, 2.75) is 32.4 Å². The second-order valence-electron chi connectivity index (χ2n) is 4.97. The highest BCUT2D eigenvalue weighted by molar-refractivity contribution is 14.1. The summed E-state index contributed by atoms with van der Waals surface area (Å²) >= 11 is 5.90. The maximum Gasteiger partial charge on any atom is 0.0644 e. The summed E-state index contributed by atoms with van der Waals surface area (Å²) < 4.78 is 4.21. The van der Waals surface area contributed by atoms with Crippen LogP contribution in [0.15, 0.2) is 34.9 Å². The standard InChI is InChI=1S/C14H18BrIN4/c1-9(2)20-6-5-11(19-20)8-14(18-17)12-7-10(16)3-4-13(12)15/h3-7,9,14,18H,8,17H2,1-2H3. The quantitative estimate of drug-likeness (QED) is 0.417. The lowest BCUT2D eigenvalue weighted by atomic mass is 10.0. The highest BCUT2D eigenvalue weighted by Crippen LogP contribution is 2.27. The molecule has 0 saturated heterocycles. The number of nitrogens with zero attached hydrogens (tertiary/aromatic N) is 2. The summed E-state index contributed by atoms with van der Waals surface area (Å²) in [6.07, 6.45) is 2.77. The van der Waals surface area contributed by atoms with Crippen molar-refractivity contribution in [3.8, 4) is 0 Å². The Morgan fingerprint density at radius 3 is 2.75 bits per heavy atom. The predicted octanol–water partition coefficient (Wildman–Crippen LogP) is 3.58. The monoisotopic (exact) mass is 448 g/mol. The molecule has 0 saturated carbocycles. The lowest BCUT2D eigenvalue weighted by Gasteiger charge is -2.17. The number of hydrazine groups is 1. The topological polar surface area (TPSA) is 55.9 Å². The minimum atomic E-state index is 0.0367. The third-order valence-electron chi connectivity index (χ3n) is 3.14. The summed E-state index contributed by atoms with van der Waals surface area (Å²) in [4.78, 5) is 0. The zero-order valence-corrected chi connectivity index (χ0v) is 15.2. The Labute approximate surface area is 141 Å². The lowest BCUT2D eigenvalue weighted by Crippen LogP contribution is -2.30. The summed E-state index contributed by atoms with van der Waals surface area (Å²) in [5.74, 6) is 5.73. The average Bonchev–Trinajstić information content (AvgIpc) is 2.88. The van der Waals surface area contributed by atoms with Gasteiger partial charge in [0.25, 0.3) is 0 Å². The van der Waals surface area contributed by atoms with Crippen LogP contribution in [0.4, 0.5) is 0 Å². The van der Waals surface area contributed by atoms with E-state index in [0.29, 0.717) is 6.04 Å². The first-order chi connectivity index (χ1) is 9.51. The Hall–Kier alpha value is -0.440. The molecule has 0 radical (unpaired) electrons. The van der Waals surface area contributed by atoms with E-state index in [1.807, 2.05) is 23.0 Å². The predicted molar refractivity (Wildman–Crippen MR) is 93.2 cm³/mol. The number of hydrogen-bond acceptors (Lipinski definition) is 3. The molecule has 1 unspecified atom stereocenters. The minimum absolute atomic E-state index is 0.0367. The summed E-state index contributed by atoms with van der Waals surface area (Å²) in [6, 6.07) is 8.71. The van der Waals surface area contributed by atoms with Crippen LogP contribution in [0, 0.1) is 3.57 Å². The van der Waals surface area contributed by atoms with Crippen LogP contribution >= 0.6 is 38.5 Å². The van der Waals surface area contributed by atoms with Crippen molar-refractivity contribution in [1.82, 2.24) is 15.2 Å². The number of hydrogen-bond donors (Lipinski definition) is 2. The van der Waals surface area contributed by atoms with Crippen molar-refractivity contribution in [3.05, 3.63) is 49.8 Å². The van der Waals surface area contributed by atoms with Crippen molar-refractivity contribution in [3.63, 3.8) is 0 Å². The van der Waals surface area contributed by atoms with E-state index in [1.54, 1.807) is 0 Å². The zero-order valence-electron chi connectivity index (χ0n) is 11.5. The molecular weight excluding hydrogens is 431 g/mol. The summed E-state index contributed by atoms with van der Waals surface area (Å²) in [6.45, 7) is 4.23. The van der Waals surface area contributed by atoms with Gasteiger partial charge in [-0.15, -0.1) is 0 Å². The van der Waals surface area contributed by atoms with E-state index in [1.165, 1.54) is 3.57 Å². The number of nitrogens with two attached hydrogens (primary N) is 1. The van der Waals surface area contributed by atoms with E-state index in [9.17, 15) is 0 Å². The van der Waals surface area contributed by atoms with Crippen LogP contribution in [0.25, 0.3) is 0 Å². The molecule has 1 aromatic carbocycles. The largest absolute Gasteiger partial charge is 0.271 e. The molecule has 108 valence electrons. The van der Waals surface area contributed by atoms with Crippen molar-refractivity contribution in [2.24, 2.45) is 5.84 Å². The van der Waals surface area contributed by atoms with Crippen LogP contribution in [0.1, 0.15) is 37.2 Å². The van der Waals surface area contributed by atoms with Gasteiger partial charge in [0.05, 0.1) is 11.7 Å². The number of benzene rings is 1. The molecule has 1 heterocycles. The van der Waals surface area contributed by atoms with Crippen LogP contribution < -0.4 is 11.3 Å². The van der Waals surface area contributed by atoms with Crippen LogP contribution in [-0.4, -0.2) is 9.78 Å². The van der Waals surface area contributed by atoms with E-state index in [2.05, 4.69) is 75.0 Å². The molecule has 4 nitrogen and oxygen atoms in total. The summed E-state index contributed by atoms with van der Waals surface area (Å²) in [5, 5.41) is 4.58. The van der Waals surface area contributed by atoms with E-state index in [-0.39, 0.29) is 6.04 Å². The molecule has 0 aliphatic heterocycles. The van der Waals surface area contributed by atoms with Gasteiger partial charge in [0, 0.05) is 26.7 Å². The zero-order chi connectivity index (χ0) is 14.7. The second-order valence-corrected chi connectivity index (χ2v) is 7.07. The molecule has 2 rings (SSSR count). The summed E-state index contributed by atoms with van der Waals surface area (Å²) in [5.41, 5.74) is 5.08. The Morgan fingerprint density at radius 1 is 1.40 bits per heavy atom. The van der Waals surface area contributed by atoms with Gasteiger partial charge in [0.1, 0.15) is 0 Å². The molecular formula is C14H18BrIN4. The van der Waals surface area contributed by atoms with Gasteiger partial charge in [-0.05, 0) is 66.3 Å². The molecule has 3 N–H and O–H groups in total. The normalized spacial score (nSPS) is 12.9. The van der Waals surface area contributed by atoms with Crippen molar-refractivity contribution < 1.29 is 0 Å². The van der Waals surface area contributed by atoms with Gasteiger partial charge in [-0.2, -0.15) is 5.10 Å². The van der Waals surface area contributed by atoms with Gasteiger partial charge < -0.3 is 0 Å². The minimum Gasteiger partial charge on any atom is -0.271 e. The fraction of sp³-hybridized carbons (Fsp3) is 0.357. The van der Waals surface area contributed by atoms with Gasteiger partial charge in [0.15, 0.2) is 0 Å². The van der Waals surface area contributed by atoms with Crippen molar-refractivity contribution in [1.29, 1.82) is 0 Å². The second kappa shape index (κ2) is 7.02. The Bertz CT molecular complexity index is 582. The highest BCUT2D eigenvalue weighted by atomic mass is 127. The van der Waals surface area contributed by atoms with Crippen LogP contribution in [0.3, 0.4) is 0 Å². The first-order valence-corrected chi connectivity index (χ1v) is 8.33. The molecule has 1 atom stereocenters. The molecule has 2 aromatic rings. The number of nitrogens with one attached hydrogen (secondary N) is 1. The highest BCUT2D eigenvalue weighted by Gasteiger charge is 2.16.